The number of carboxylic acid groups (broad SMARTS) is 1. The predicted octanol–water partition coefficient (Wildman–Crippen LogP) is 2.92. The molecule has 0 saturated carbocycles. The van der Waals surface area contributed by atoms with Crippen molar-refractivity contribution < 1.29 is 14.7 Å². The number of hydrogen-bond donors (Lipinski definition) is 1. The van der Waals surface area contributed by atoms with Gasteiger partial charge in [0.05, 0.1) is 5.41 Å². The Morgan fingerprint density at radius 1 is 1.32 bits per heavy atom. The maximum atomic E-state index is 12.1. The number of carbonyl (C=O) groups excluding carboxylic acids is 1. The van der Waals surface area contributed by atoms with Crippen LogP contribution in [0.2, 0.25) is 0 Å². The van der Waals surface area contributed by atoms with Crippen LogP contribution in [0.25, 0.3) is 0 Å². The molecule has 1 aliphatic heterocycles. The normalized spacial score (nSPS) is 24.3. The highest BCUT2D eigenvalue weighted by molar-refractivity contribution is 5.79. The van der Waals surface area contributed by atoms with Crippen LogP contribution in [0.4, 0.5) is 0 Å². The Balaban J connectivity index is 2.47. The highest BCUT2D eigenvalue weighted by Gasteiger charge is 2.39. The van der Waals surface area contributed by atoms with Crippen LogP contribution in [0.1, 0.15) is 59.8 Å². The molecule has 0 aliphatic carbocycles. The number of rotatable bonds is 4. The molecule has 0 radical (unpaired) electrons. The number of carboxylic acids is 1. The molecular weight excluding hydrogens is 242 g/mol. The average Bonchev–Trinajstić information content (AvgIpc) is 2.27. The summed E-state index contributed by atoms with van der Waals surface area (Å²) >= 11 is 0. The topological polar surface area (TPSA) is 57.6 Å². The zero-order chi connectivity index (χ0) is 14.7. The van der Waals surface area contributed by atoms with Gasteiger partial charge in [0.2, 0.25) is 5.91 Å². The van der Waals surface area contributed by atoms with E-state index >= 15 is 0 Å². The van der Waals surface area contributed by atoms with Gasteiger partial charge in [0, 0.05) is 19.5 Å². The first-order chi connectivity index (χ1) is 8.64. The lowest BCUT2D eigenvalue weighted by atomic mass is 9.82. The fourth-order valence-corrected chi connectivity index (χ4v) is 2.55. The van der Waals surface area contributed by atoms with Gasteiger partial charge in [-0.2, -0.15) is 0 Å². The molecule has 110 valence electrons. The van der Waals surface area contributed by atoms with Crippen LogP contribution in [-0.2, 0) is 9.59 Å². The second-order valence-corrected chi connectivity index (χ2v) is 7.20. The molecule has 1 N–H and O–H groups in total. The molecule has 1 unspecified atom stereocenters. The van der Waals surface area contributed by atoms with Gasteiger partial charge in [0.15, 0.2) is 0 Å². The molecule has 0 aromatic carbocycles. The first-order valence-corrected chi connectivity index (χ1v) is 7.15. The largest absolute Gasteiger partial charge is 0.481 e. The maximum absolute atomic E-state index is 12.1. The third-order valence-corrected chi connectivity index (χ3v) is 3.88. The Labute approximate surface area is 116 Å². The van der Waals surface area contributed by atoms with Crippen LogP contribution in [0, 0.1) is 10.8 Å². The maximum Gasteiger partial charge on any atom is 0.311 e. The summed E-state index contributed by atoms with van der Waals surface area (Å²) in [4.78, 5) is 25.1. The molecule has 1 heterocycles. The third-order valence-electron chi connectivity index (χ3n) is 3.88. The monoisotopic (exact) mass is 269 g/mol. The summed E-state index contributed by atoms with van der Waals surface area (Å²) in [7, 11) is 0. The fraction of sp³-hybridized carbons (Fsp3) is 0.867. The minimum absolute atomic E-state index is 0.108. The lowest BCUT2D eigenvalue weighted by Gasteiger charge is -2.37. The fourth-order valence-electron chi connectivity index (χ4n) is 2.55. The smallest absolute Gasteiger partial charge is 0.311 e. The van der Waals surface area contributed by atoms with Crippen LogP contribution in [0.5, 0.6) is 0 Å². The minimum atomic E-state index is -0.792. The molecule has 4 nitrogen and oxygen atoms in total. The number of carbonyl (C=O) groups is 2. The van der Waals surface area contributed by atoms with Crippen LogP contribution in [0.3, 0.4) is 0 Å². The van der Waals surface area contributed by atoms with Gasteiger partial charge in [-0.3, -0.25) is 9.59 Å². The Bertz CT molecular complexity index is 346. The summed E-state index contributed by atoms with van der Waals surface area (Å²) in [5.74, 6) is -0.684. The van der Waals surface area contributed by atoms with Crippen molar-refractivity contribution in [2.45, 2.75) is 59.8 Å². The van der Waals surface area contributed by atoms with E-state index in [9.17, 15) is 14.7 Å². The van der Waals surface area contributed by atoms with Crippen molar-refractivity contribution in [2.75, 3.05) is 13.1 Å². The molecule has 1 amide bonds. The Morgan fingerprint density at radius 3 is 2.47 bits per heavy atom. The summed E-state index contributed by atoms with van der Waals surface area (Å²) in [5.41, 5.74) is -0.518. The van der Waals surface area contributed by atoms with E-state index < -0.39 is 11.4 Å². The lowest BCUT2D eigenvalue weighted by Crippen LogP contribution is -2.48. The van der Waals surface area contributed by atoms with Crippen molar-refractivity contribution in [3.63, 3.8) is 0 Å². The van der Waals surface area contributed by atoms with Crippen molar-refractivity contribution in [1.29, 1.82) is 0 Å². The number of amides is 1. The number of piperidine rings is 1. The molecule has 4 heteroatoms. The third kappa shape index (κ3) is 4.84. The highest BCUT2D eigenvalue weighted by Crippen LogP contribution is 2.30. The lowest BCUT2D eigenvalue weighted by molar-refractivity contribution is -0.153. The Morgan fingerprint density at radius 2 is 1.95 bits per heavy atom. The number of hydrogen-bond acceptors (Lipinski definition) is 2. The zero-order valence-electron chi connectivity index (χ0n) is 12.7. The summed E-state index contributed by atoms with van der Waals surface area (Å²) in [5, 5.41) is 9.24. The summed E-state index contributed by atoms with van der Waals surface area (Å²) in [6.45, 7) is 9.30. The molecule has 0 aromatic rings. The van der Waals surface area contributed by atoms with Gasteiger partial charge in [-0.1, -0.05) is 20.8 Å². The van der Waals surface area contributed by atoms with Gasteiger partial charge in [-0.15, -0.1) is 0 Å². The molecule has 0 aromatic heterocycles. The second kappa shape index (κ2) is 5.93. The van der Waals surface area contributed by atoms with Crippen LogP contribution < -0.4 is 0 Å². The van der Waals surface area contributed by atoms with Crippen molar-refractivity contribution in [2.24, 2.45) is 10.8 Å². The Hall–Kier alpha value is -1.06. The number of nitrogens with zero attached hydrogens (tertiary/aromatic N) is 1. The van der Waals surface area contributed by atoms with Gasteiger partial charge in [-0.25, -0.2) is 0 Å². The van der Waals surface area contributed by atoms with Crippen molar-refractivity contribution in [1.82, 2.24) is 4.90 Å². The molecule has 1 atom stereocenters. The Kier molecular flexibility index (Phi) is 4.99. The number of likely N-dealkylation sites (tertiary alicyclic amines) is 1. The van der Waals surface area contributed by atoms with E-state index in [1.165, 1.54) is 0 Å². The van der Waals surface area contributed by atoms with Crippen molar-refractivity contribution in [3.05, 3.63) is 0 Å². The van der Waals surface area contributed by atoms with Gasteiger partial charge in [0.1, 0.15) is 0 Å². The van der Waals surface area contributed by atoms with E-state index in [0.717, 1.165) is 19.3 Å². The average molecular weight is 269 g/mol. The molecule has 0 spiro atoms. The predicted molar refractivity (Wildman–Crippen MR) is 74.9 cm³/mol. The van der Waals surface area contributed by atoms with E-state index in [1.807, 2.05) is 0 Å². The molecular formula is C15H27NO3. The standard InChI is InChI=1S/C15H27NO3/c1-14(2,3)8-5-7-12(17)16-10-6-9-15(4,11-16)13(18)19/h5-11H2,1-4H3,(H,18,19). The van der Waals surface area contributed by atoms with Gasteiger partial charge >= 0.3 is 5.97 Å². The van der Waals surface area contributed by atoms with Crippen LogP contribution in [-0.4, -0.2) is 35.0 Å². The van der Waals surface area contributed by atoms with E-state index in [4.69, 9.17) is 0 Å². The van der Waals surface area contributed by atoms with Crippen molar-refractivity contribution in [3.8, 4) is 0 Å². The second-order valence-electron chi connectivity index (χ2n) is 7.20. The van der Waals surface area contributed by atoms with E-state index in [0.29, 0.717) is 25.9 Å². The van der Waals surface area contributed by atoms with Crippen LogP contribution >= 0.6 is 0 Å². The van der Waals surface area contributed by atoms with Crippen LogP contribution in [0.15, 0.2) is 0 Å². The van der Waals surface area contributed by atoms with Gasteiger partial charge < -0.3 is 10.0 Å². The van der Waals surface area contributed by atoms with E-state index in [-0.39, 0.29) is 11.3 Å². The molecule has 1 fully saturated rings. The van der Waals surface area contributed by atoms with E-state index in [2.05, 4.69) is 20.8 Å². The summed E-state index contributed by atoms with van der Waals surface area (Å²) in [6, 6.07) is 0. The first kappa shape index (κ1) is 16.0. The number of aliphatic carboxylic acids is 1. The zero-order valence-corrected chi connectivity index (χ0v) is 12.7. The first-order valence-electron chi connectivity index (χ1n) is 7.15. The summed E-state index contributed by atoms with van der Waals surface area (Å²) in [6.07, 6.45) is 3.88. The highest BCUT2D eigenvalue weighted by atomic mass is 16.4. The molecule has 1 aliphatic rings. The SMILES string of the molecule is CC(C)(C)CCCC(=O)N1CCCC(C)(C(=O)O)C1. The van der Waals surface area contributed by atoms with Gasteiger partial charge in [-0.05, 0) is 38.0 Å². The van der Waals surface area contributed by atoms with E-state index in [1.54, 1.807) is 11.8 Å². The van der Waals surface area contributed by atoms with Gasteiger partial charge in [0.25, 0.3) is 0 Å². The minimum Gasteiger partial charge on any atom is -0.481 e. The molecule has 1 saturated heterocycles. The molecule has 19 heavy (non-hydrogen) atoms. The molecule has 1 rings (SSSR count). The van der Waals surface area contributed by atoms with Crippen molar-refractivity contribution >= 4 is 11.9 Å². The molecule has 0 bridgehead atoms. The quantitative estimate of drug-likeness (QED) is 0.853. The summed E-state index contributed by atoms with van der Waals surface area (Å²) < 4.78 is 0.